The molecule has 1 atom stereocenters. The summed E-state index contributed by atoms with van der Waals surface area (Å²) < 4.78 is 34.9. The first kappa shape index (κ1) is 31.3. The Bertz CT molecular complexity index is 1610. The Kier molecular flexibility index (Phi) is 10.6. The van der Waals surface area contributed by atoms with E-state index in [1.165, 1.54) is 17.0 Å². The van der Waals surface area contributed by atoms with E-state index in [-0.39, 0.29) is 23.0 Å². The summed E-state index contributed by atoms with van der Waals surface area (Å²) in [6, 6.07) is 30.5. The standard InChI is InChI=1S/C34H37N3O5S/c1-4-23-35-34(39)27(3)36(24-28-14-12-11-13-26(28)2)33(38)25-37(43(40,41)32-17-9-6-10-18-32)29-19-21-31(22-20-29)42-30-15-7-5-8-16-30/h5-22,27H,4,23-25H2,1-3H3,(H,35,39)/t27-/m1/s1. The lowest BCUT2D eigenvalue weighted by atomic mass is 10.1. The number of hydrogen-bond donors (Lipinski definition) is 1. The maximum atomic E-state index is 14.1. The van der Waals surface area contributed by atoms with E-state index in [2.05, 4.69) is 5.32 Å². The fraction of sp³-hybridized carbons (Fsp3) is 0.235. The summed E-state index contributed by atoms with van der Waals surface area (Å²) in [5, 5.41) is 2.86. The van der Waals surface area contributed by atoms with Crippen molar-refractivity contribution in [1.82, 2.24) is 10.2 Å². The molecular formula is C34H37N3O5S. The first-order valence-corrected chi connectivity index (χ1v) is 15.7. The van der Waals surface area contributed by atoms with Crippen molar-refractivity contribution in [2.75, 3.05) is 17.4 Å². The van der Waals surface area contributed by atoms with Crippen LogP contribution in [0, 0.1) is 6.92 Å². The first-order chi connectivity index (χ1) is 20.7. The number of anilines is 1. The molecule has 0 radical (unpaired) electrons. The smallest absolute Gasteiger partial charge is 0.264 e. The summed E-state index contributed by atoms with van der Waals surface area (Å²) in [6.07, 6.45) is 0.747. The molecule has 43 heavy (non-hydrogen) atoms. The molecule has 4 aromatic carbocycles. The number of para-hydroxylation sites is 1. The van der Waals surface area contributed by atoms with E-state index in [0.717, 1.165) is 21.9 Å². The van der Waals surface area contributed by atoms with E-state index < -0.39 is 28.5 Å². The molecule has 1 N–H and O–H groups in total. The van der Waals surface area contributed by atoms with E-state index >= 15 is 0 Å². The highest BCUT2D eigenvalue weighted by Gasteiger charge is 2.32. The average Bonchev–Trinajstić information content (AvgIpc) is 3.03. The zero-order valence-corrected chi connectivity index (χ0v) is 25.5. The Morgan fingerprint density at radius 2 is 1.40 bits per heavy atom. The lowest BCUT2D eigenvalue weighted by Gasteiger charge is -2.32. The number of carbonyl (C=O) groups excluding carboxylic acids is 2. The first-order valence-electron chi connectivity index (χ1n) is 14.2. The Hall–Kier alpha value is -4.63. The molecule has 0 bridgehead atoms. The van der Waals surface area contributed by atoms with E-state index in [1.807, 2.05) is 68.4 Å². The van der Waals surface area contributed by atoms with Crippen LogP contribution in [0.25, 0.3) is 0 Å². The molecule has 4 aromatic rings. The predicted molar refractivity (Wildman–Crippen MR) is 168 cm³/mol. The number of aryl methyl sites for hydroxylation is 1. The number of sulfonamides is 1. The summed E-state index contributed by atoms with van der Waals surface area (Å²) in [6.45, 7) is 5.66. The third-order valence-electron chi connectivity index (χ3n) is 7.03. The van der Waals surface area contributed by atoms with Crippen molar-refractivity contribution < 1.29 is 22.7 Å². The molecule has 0 aromatic heterocycles. The van der Waals surface area contributed by atoms with Crippen LogP contribution in [0.3, 0.4) is 0 Å². The van der Waals surface area contributed by atoms with Crippen molar-refractivity contribution >= 4 is 27.5 Å². The summed E-state index contributed by atoms with van der Waals surface area (Å²) >= 11 is 0. The number of rotatable bonds is 13. The van der Waals surface area contributed by atoms with Gasteiger partial charge in [0.15, 0.2) is 0 Å². The second-order valence-corrected chi connectivity index (χ2v) is 12.0. The van der Waals surface area contributed by atoms with Gasteiger partial charge in [-0.3, -0.25) is 13.9 Å². The van der Waals surface area contributed by atoms with Crippen molar-refractivity contribution in [3.05, 3.63) is 120 Å². The average molecular weight is 600 g/mol. The summed E-state index contributed by atoms with van der Waals surface area (Å²) in [7, 11) is -4.15. The predicted octanol–water partition coefficient (Wildman–Crippen LogP) is 5.93. The minimum absolute atomic E-state index is 0.0478. The molecule has 224 valence electrons. The van der Waals surface area contributed by atoms with Crippen LogP contribution < -0.4 is 14.4 Å². The van der Waals surface area contributed by atoms with Gasteiger partial charge in [-0.15, -0.1) is 0 Å². The quantitative estimate of drug-likeness (QED) is 0.206. The van der Waals surface area contributed by atoms with Gasteiger partial charge in [-0.25, -0.2) is 8.42 Å². The van der Waals surface area contributed by atoms with Crippen LogP contribution in [0.1, 0.15) is 31.4 Å². The fourth-order valence-corrected chi connectivity index (χ4v) is 5.94. The Morgan fingerprint density at radius 3 is 2.02 bits per heavy atom. The van der Waals surface area contributed by atoms with E-state index in [4.69, 9.17) is 4.74 Å². The third kappa shape index (κ3) is 8.02. The molecule has 0 aliphatic rings. The van der Waals surface area contributed by atoms with Gasteiger partial charge in [0.25, 0.3) is 10.0 Å². The SMILES string of the molecule is CCCNC(=O)[C@@H](C)N(Cc1ccccc1C)C(=O)CN(c1ccc(Oc2ccccc2)cc1)S(=O)(=O)c1ccccc1. The molecule has 0 saturated carbocycles. The van der Waals surface area contributed by atoms with Crippen molar-refractivity contribution in [2.24, 2.45) is 0 Å². The van der Waals surface area contributed by atoms with Gasteiger partial charge in [0.2, 0.25) is 11.8 Å². The normalized spacial score (nSPS) is 11.8. The number of nitrogens with zero attached hydrogens (tertiary/aromatic N) is 2. The molecule has 0 saturated heterocycles. The monoisotopic (exact) mass is 599 g/mol. The molecule has 4 rings (SSSR count). The lowest BCUT2D eigenvalue weighted by Crippen LogP contribution is -2.51. The highest BCUT2D eigenvalue weighted by Crippen LogP contribution is 2.28. The van der Waals surface area contributed by atoms with Crippen LogP contribution in [-0.4, -0.2) is 44.3 Å². The summed E-state index contributed by atoms with van der Waals surface area (Å²) in [4.78, 5) is 28.6. The lowest BCUT2D eigenvalue weighted by molar-refractivity contribution is -0.139. The summed E-state index contributed by atoms with van der Waals surface area (Å²) in [5.41, 5.74) is 2.12. The molecule has 0 aliphatic heterocycles. The minimum Gasteiger partial charge on any atom is -0.457 e. The van der Waals surface area contributed by atoms with Gasteiger partial charge in [-0.2, -0.15) is 0 Å². The molecule has 2 amide bonds. The number of carbonyl (C=O) groups is 2. The zero-order valence-electron chi connectivity index (χ0n) is 24.6. The van der Waals surface area contributed by atoms with Gasteiger partial charge in [0.05, 0.1) is 10.6 Å². The highest BCUT2D eigenvalue weighted by molar-refractivity contribution is 7.92. The molecule has 0 fully saturated rings. The molecule has 9 heteroatoms. The van der Waals surface area contributed by atoms with Crippen LogP contribution in [0.4, 0.5) is 5.69 Å². The van der Waals surface area contributed by atoms with Gasteiger partial charge in [0.1, 0.15) is 24.1 Å². The van der Waals surface area contributed by atoms with Gasteiger partial charge >= 0.3 is 0 Å². The number of hydrogen-bond acceptors (Lipinski definition) is 5. The van der Waals surface area contributed by atoms with E-state index in [0.29, 0.717) is 18.0 Å². The maximum Gasteiger partial charge on any atom is 0.264 e. The van der Waals surface area contributed by atoms with Crippen LogP contribution in [0.15, 0.2) is 114 Å². The number of benzene rings is 4. The topological polar surface area (TPSA) is 96.0 Å². The molecule has 0 heterocycles. The van der Waals surface area contributed by atoms with Gasteiger partial charge < -0.3 is 15.0 Å². The van der Waals surface area contributed by atoms with Gasteiger partial charge in [-0.1, -0.05) is 67.6 Å². The van der Waals surface area contributed by atoms with Crippen molar-refractivity contribution in [2.45, 2.75) is 44.7 Å². The third-order valence-corrected chi connectivity index (χ3v) is 8.82. The van der Waals surface area contributed by atoms with Gasteiger partial charge in [0, 0.05) is 13.1 Å². The Morgan fingerprint density at radius 1 is 0.814 bits per heavy atom. The minimum atomic E-state index is -4.15. The summed E-state index contributed by atoms with van der Waals surface area (Å²) in [5.74, 6) is 0.345. The molecule has 0 aliphatic carbocycles. The van der Waals surface area contributed by atoms with Crippen LogP contribution in [0.2, 0.25) is 0 Å². The van der Waals surface area contributed by atoms with E-state index in [9.17, 15) is 18.0 Å². The molecule has 0 unspecified atom stereocenters. The molecule has 0 spiro atoms. The van der Waals surface area contributed by atoms with Gasteiger partial charge in [-0.05, 0) is 79.9 Å². The van der Waals surface area contributed by atoms with Crippen LogP contribution in [-0.2, 0) is 26.2 Å². The number of amides is 2. The number of ether oxygens (including phenoxy) is 1. The van der Waals surface area contributed by atoms with Crippen molar-refractivity contribution in [3.63, 3.8) is 0 Å². The maximum absolute atomic E-state index is 14.1. The van der Waals surface area contributed by atoms with E-state index in [1.54, 1.807) is 49.4 Å². The fourth-order valence-electron chi connectivity index (χ4n) is 4.50. The van der Waals surface area contributed by atoms with Crippen LogP contribution in [0.5, 0.6) is 11.5 Å². The van der Waals surface area contributed by atoms with Crippen molar-refractivity contribution in [3.8, 4) is 11.5 Å². The van der Waals surface area contributed by atoms with Crippen LogP contribution >= 0.6 is 0 Å². The molecule has 8 nitrogen and oxygen atoms in total. The molecular weight excluding hydrogens is 562 g/mol. The Labute approximate surface area is 254 Å². The second-order valence-electron chi connectivity index (χ2n) is 10.1. The van der Waals surface area contributed by atoms with Crippen molar-refractivity contribution in [1.29, 1.82) is 0 Å². The zero-order chi connectivity index (χ0) is 30.8. The number of nitrogens with one attached hydrogen (secondary N) is 1. The second kappa shape index (κ2) is 14.5. The largest absolute Gasteiger partial charge is 0.457 e. The highest BCUT2D eigenvalue weighted by atomic mass is 32.2. The Balaban J connectivity index is 1.69.